The van der Waals surface area contributed by atoms with Crippen LogP contribution in [0, 0.1) is 0 Å². The van der Waals surface area contributed by atoms with E-state index >= 15 is 0 Å². The molecule has 0 spiro atoms. The van der Waals surface area contributed by atoms with E-state index in [9.17, 15) is 4.79 Å². The maximum Gasteiger partial charge on any atom is 0.417 e. The number of nitrogens with one attached hydrogen (secondary N) is 2. The van der Waals surface area contributed by atoms with Gasteiger partial charge in [-0.25, -0.2) is 4.79 Å². The fraction of sp³-hybridized carbons (Fsp3) is 0.0833. The molecule has 2 aromatic heterocycles. The summed E-state index contributed by atoms with van der Waals surface area (Å²) in [5, 5.41) is 5.35. The number of H-pyrrole nitrogens is 1. The first kappa shape index (κ1) is 11.6. The third kappa shape index (κ3) is 2.21. The Hall–Kier alpha value is -1.53. The second kappa shape index (κ2) is 4.62. The van der Waals surface area contributed by atoms with Crippen molar-refractivity contribution in [3.63, 3.8) is 0 Å². The lowest BCUT2D eigenvalue weighted by Gasteiger charge is -2.04. The highest BCUT2D eigenvalue weighted by atomic mass is 79.9. The molecule has 92 valence electrons. The number of fused-ring (bicyclic) bond motifs is 1. The first-order valence-electron chi connectivity index (χ1n) is 5.31. The summed E-state index contributed by atoms with van der Waals surface area (Å²) in [6.07, 6.45) is 0. The van der Waals surface area contributed by atoms with E-state index < -0.39 is 5.76 Å². The van der Waals surface area contributed by atoms with Crippen molar-refractivity contribution >= 4 is 44.1 Å². The SMILES string of the molecule is O=c1[nH]c2cc(NCc3sccc3Br)ccc2o1. The zero-order valence-electron chi connectivity index (χ0n) is 9.20. The number of hydrogen-bond acceptors (Lipinski definition) is 4. The van der Waals surface area contributed by atoms with Crippen molar-refractivity contribution in [2.45, 2.75) is 6.54 Å². The van der Waals surface area contributed by atoms with E-state index in [0.717, 1.165) is 16.7 Å². The highest BCUT2D eigenvalue weighted by molar-refractivity contribution is 9.10. The van der Waals surface area contributed by atoms with Crippen molar-refractivity contribution in [3.05, 3.63) is 49.5 Å². The second-order valence-corrected chi connectivity index (χ2v) is 5.63. The first-order chi connectivity index (χ1) is 8.72. The van der Waals surface area contributed by atoms with Gasteiger partial charge in [0.25, 0.3) is 0 Å². The molecule has 2 heterocycles. The summed E-state index contributed by atoms with van der Waals surface area (Å²) < 4.78 is 6.06. The average molecular weight is 325 g/mol. The number of rotatable bonds is 3. The monoisotopic (exact) mass is 324 g/mol. The van der Waals surface area contributed by atoms with Gasteiger partial charge in [0.05, 0.1) is 12.1 Å². The Morgan fingerprint density at radius 1 is 1.39 bits per heavy atom. The molecule has 0 unspecified atom stereocenters. The van der Waals surface area contributed by atoms with Gasteiger partial charge in [-0.05, 0) is 45.6 Å². The molecule has 0 bridgehead atoms. The molecule has 0 saturated heterocycles. The Balaban J connectivity index is 1.82. The summed E-state index contributed by atoms with van der Waals surface area (Å²) in [5.74, 6) is -0.428. The molecule has 0 radical (unpaired) electrons. The predicted octanol–water partition coefficient (Wildman–Crippen LogP) is 3.56. The molecule has 3 rings (SSSR count). The molecule has 4 nitrogen and oxygen atoms in total. The molecule has 0 atom stereocenters. The van der Waals surface area contributed by atoms with Crippen LogP contribution >= 0.6 is 27.3 Å². The quantitative estimate of drug-likeness (QED) is 0.774. The van der Waals surface area contributed by atoms with Crippen molar-refractivity contribution in [2.24, 2.45) is 0 Å². The molecule has 0 aliphatic heterocycles. The van der Waals surface area contributed by atoms with Gasteiger partial charge in [0.1, 0.15) is 0 Å². The van der Waals surface area contributed by atoms with E-state index in [1.54, 1.807) is 17.4 Å². The Morgan fingerprint density at radius 2 is 2.28 bits per heavy atom. The van der Waals surface area contributed by atoms with Gasteiger partial charge in [0.15, 0.2) is 5.58 Å². The lowest BCUT2D eigenvalue weighted by Crippen LogP contribution is -1.97. The molecule has 0 saturated carbocycles. The minimum atomic E-state index is -0.428. The van der Waals surface area contributed by atoms with Gasteiger partial charge in [0.2, 0.25) is 0 Å². The smallest absolute Gasteiger partial charge is 0.408 e. The van der Waals surface area contributed by atoms with Gasteiger partial charge in [0, 0.05) is 15.0 Å². The number of oxazole rings is 1. The zero-order valence-corrected chi connectivity index (χ0v) is 11.6. The Morgan fingerprint density at radius 3 is 3.06 bits per heavy atom. The van der Waals surface area contributed by atoms with Crippen LogP contribution in [-0.2, 0) is 6.54 Å². The highest BCUT2D eigenvalue weighted by Crippen LogP contribution is 2.24. The second-order valence-electron chi connectivity index (χ2n) is 3.77. The number of anilines is 1. The van der Waals surface area contributed by atoms with Gasteiger partial charge in [-0.3, -0.25) is 4.98 Å². The van der Waals surface area contributed by atoms with E-state index in [-0.39, 0.29) is 0 Å². The topological polar surface area (TPSA) is 58.0 Å². The van der Waals surface area contributed by atoms with E-state index in [2.05, 4.69) is 26.2 Å². The molecule has 6 heteroatoms. The molecule has 2 N–H and O–H groups in total. The fourth-order valence-corrected chi connectivity index (χ4v) is 3.13. The largest absolute Gasteiger partial charge is 0.417 e. The van der Waals surface area contributed by atoms with E-state index in [4.69, 9.17) is 4.42 Å². The summed E-state index contributed by atoms with van der Waals surface area (Å²) in [4.78, 5) is 14.9. The molecule has 0 amide bonds. The first-order valence-corrected chi connectivity index (χ1v) is 6.98. The molecular weight excluding hydrogens is 316 g/mol. The minimum absolute atomic E-state index is 0.428. The average Bonchev–Trinajstić information content (AvgIpc) is 2.90. The molecule has 18 heavy (non-hydrogen) atoms. The van der Waals surface area contributed by atoms with Crippen LogP contribution in [0.15, 0.2) is 43.3 Å². The van der Waals surface area contributed by atoms with Crippen molar-refractivity contribution < 1.29 is 4.42 Å². The van der Waals surface area contributed by atoms with Crippen molar-refractivity contribution in [2.75, 3.05) is 5.32 Å². The molecule has 0 aliphatic carbocycles. The normalized spacial score (nSPS) is 10.9. The molecular formula is C12H9BrN2O2S. The predicted molar refractivity (Wildman–Crippen MR) is 76.2 cm³/mol. The number of aromatic amines is 1. The molecule has 1 aromatic carbocycles. The lowest BCUT2D eigenvalue weighted by molar-refractivity contribution is 0.555. The standard InChI is InChI=1S/C12H9BrN2O2S/c13-8-3-4-18-11(8)6-14-7-1-2-10-9(5-7)15-12(16)17-10/h1-5,14H,6H2,(H,15,16). The number of hydrogen-bond donors (Lipinski definition) is 2. The third-order valence-electron chi connectivity index (χ3n) is 2.56. The van der Waals surface area contributed by atoms with Crippen LogP contribution in [0.2, 0.25) is 0 Å². The Bertz CT molecular complexity index is 744. The van der Waals surface area contributed by atoms with Crippen LogP contribution in [0.4, 0.5) is 5.69 Å². The summed E-state index contributed by atoms with van der Waals surface area (Å²) in [7, 11) is 0. The van der Waals surface area contributed by atoms with Crippen molar-refractivity contribution in [3.8, 4) is 0 Å². The van der Waals surface area contributed by atoms with Crippen LogP contribution in [-0.4, -0.2) is 4.98 Å². The lowest BCUT2D eigenvalue weighted by atomic mass is 10.3. The summed E-state index contributed by atoms with van der Waals surface area (Å²) in [5.41, 5.74) is 2.22. The van der Waals surface area contributed by atoms with Crippen LogP contribution in [0.3, 0.4) is 0 Å². The van der Waals surface area contributed by atoms with Gasteiger partial charge in [-0.1, -0.05) is 0 Å². The maximum absolute atomic E-state index is 11.0. The van der Waals surface area contributed by atoms with Crippen LogP contribution in [0.5, 0.6) is 0 Å². The third-order valence-corrected chi connectivity index (χ3v) is 4.49. The number of aromatic nitrogens is 1. The molecule has 0 fully saturated rings. The van der Waals surface area contributed by atoms with Gasteiger partial charge < -0.3 is 9.73 Å². The zero-order chi connectivity index (χ0) is 12.5. The molecule has 3 aromatic rings. The number of thiophene rings is 1. The Kier molecular flexibility index (Phi) is 2.97. The fourth-order valence-electron chi connectivity index (χ4n) is 1.70. The van der Waals surface area contributed by atoms with E-state index in [1.165, 1.54) is 4.88 Å². The summed E-state index contributed by atoms with van der Waals surface area (Å²) >= 11 is 5.18. The maximum atomic E-state index is 11.0. The molecule has 0 aliphatic rings. The summed E-state index contributed by atoms with van der Waals surface area (Å²) in [6.45, 7) is 0.742. The summed E-state index contributed by atoms with van der Waals surface area (Å²) in [6, 6.07) is 7.56. The highest BCUT2D eigenvalue weighted by Gasteiger charge is 2.04. The minimum Gasteiger partial charge on any atom is -0.408 e. The van der Waals surface area contributed by atoms with Gasteiger partial charge in [-0.15, -0.1) is 11.3 Å². The van der Waals surface area contributed by atoms with Crippen LogP contribution < -0.4 is 11.1 Å². The van der Waals surface area contributed by atoms with Gasteiger partial charge in [-0.2, -0.15) is 0 Å². The Labute approximate surface area is 115 Å². The van der Waals surface area contributed by atoms with Crippen LogP contribution in [0.1, 0.15) is 4.88 Å². The van der Waals surface area contributed by atoms with Crippen molar-refractivity contribution in [1.29, 1.82) is 0 Å². The van der Waals surface area contributed by atoms with Gasteiger partial charge >= 0.3 is 5.76 Å². The van der Waals surface area contributed by atoms with Crippen molar-refractivity contribution in [1.82, 2.24) is 4.98 Å². The van der Waals surface area contributed by atoms with E-state index in [1.807, 2.05) is 23.6 Å². The number of benzene rings is 1. The van der Waals surface area contributed by atoms with Crippen LogP contribution in [0.25, 0.3) is 11.1 Å². The number of halogens is 1. The van der Waals surface area contributed by atoms with E-state index in [0.29, 0.717) is 11.1 Å².